The number of hydrogen-bond donors (Lipinski definition) is 1. The number of carbonyl (C=O) groups is 1. The van der Waals surface area contributed by atoms with E-state index in [-0.39, 0.29) is 18.3 Å². The highest BCUT2D eigenvalue weighted by Gasteiger charge is 2.18. The predicted molar refractivity (Wildman–Crippen MR) is 123 cm³/mol. The molecule has 1 N–H and O–H groups in total. The number of aryl methyl sites for hydroxylation is 4. The summed E-state index contributed by atoms with van der Waals surface area (Å²) in [5.74, 6) is 0.762. The number of hydrogen-bond acceptors (Lipinski definition) is 5. The van der Waals surface area contributed by atoms with Crippen molar-refractivity contribution in [1.29, 1.82) is 0 Å². The third-order valence-corrected chi connectivity index (χ3v) is 5.91. The fraction of sp³-hybridized carbons (Fsp3) is 0.333. The molecule has 0 aliphatic carbocycles. The molecule has 1 amide bonds. The molecule has 0 unspecified atom stereocenters. The van der Waals surface area contributed by atoms with E-state index in [2.05, 4.69) is 20.4 Å². The first kappa shape index (κ1) is 22.4. The molecule has 33 heavy (non-hydrogen) atoms. The number of amides is 1. The minimum absolute atomic E-state index is 0.109. The molecule has 172 valence electrons. The molecule has 4 rings (SSSR count). The van der Waals surface area contributed by atoms with Crippen LogP contribution in [0.5, 0.6) is 5.88 Å². The van der Waals surface area contributed by atoms with Gasteiger partial charge < -0.3 is 14.6 Å². The fourth-order valence-corrected chi connectivity index (χ4v) is 4.12. The van der Waals surface area contributed by atoms with Crippen molar-refractivity contribution >= 4 is 16.9 Å². The van der Waals surface area contributed by atoms with Gasteiger partial charge in [0.15, 0.2) is 5.65 Å². The van der Waals surface area contributed by atoms with Crippen LogP contribution >= 0.6 is 0 Å². The molecule has 0 spiro atoms. The molecule has 0 aliphatic heterocycles. The molecule has 0 saturated heterocycles. The molecule has 0 atom stereocenters. The van der Waals surface area contributed by atoms with Crippen LogP contribution in [0.25, 0.3) is 16.7 Å². The average Bonchev–Trinajstić information content (AvgIpc) is 3.35. The minimum Gasteiger partial charge on any atom is -0.479 e. The second kappa shape index (κ2) is 9.01. The second-order valence-corrected chi connectivity index (χ2v) is 8.04. The molecule has 3 aromatic heterocycles. The number of rotatable bonds is 7. The number of methoxy groups -OCH3 is 1. The molecular weight excluding hydrogens is 423 g/mol. The molecule has 4 aromatic rings. The van der Waals surface area contributed by atoms with E-state index in [0.29, 0.717) is 35.8 Å². The lowest BCUT2D eigenvalue weighted by Crippen LogP contribution is -2.23. The molecule has 0 radical (unpaired) electrons. The van der Waals surface area contributed by atoms with Gasteiger partial charge in [0, 0.05) is 38.1 Å². The Hall–Kier alpha value is -3.75. The summed E-state index contributed by atoms with van der Waals surface area (Å²) in [7, 11) is 3.41. The van der Waals surface area contributed by atoms with E-state index in [1.165, 1.54) is 6.07 Å². The van der Waals surface area contributed by atoms with Crippen LogP contribution < -0.4 is 10.1 Å². The van der Waals surface area contributed by atoms with Gasteiger partial charge in [-0.2, -0.15) is 0 Å². The Morgan fingerprint density at radius 2 is 2.03 bits per heavy atom. The SMILES string of the molecule is COc1nn(C)c2nc(C)c(CCC(=O)NCc3ccc(-n4ccnc4C)c(F)c3)c(C)c12. The van der Waals surface area contributed by atoms with Crippen LogP contribution in [0.2, 0.25) is 0 Å². The molecule has 0 saturated carbocycles. The van der Waals surface area contributed by atoms with E-state index < -0.39 is 0 Å². The first-order valence-corrected chi connectivity index (χ1v) is 10.7. The van der Waals surface area contributed by atoms with Crippen LogP contribution in [0.4, 0.5) is 4.39 Å². The van der Waals surface area contributed by atoms with Gasteiger partial charge in [0.05, 0.1) is 18.2 Å². The van der Waals surface area contributed by atoms with Crippen molar-refractivity contribution < 1.29 is 13.9 Å². The van der Waals surface area contributed by atoms with Gasteiger partial charge in [-0.3, -0.25) is 4.79 Å². The normalized spacial score (nSPS) is 11.2. The van der Waals surface area contributed by atoms with E-state index in [1.807, 2.05) is 27.8 Å². The maximum absolute atomic E-state index is 14.6. The van der Waals surface area contributed by atoms with E-state index in [0.717, 1.165) is 27.9 Å². The Bertz CT molecular complexity index is 1340. The van der Waals surface area contributed by atoms with Gasteiger partial charge in [-0.25, -0.2) is 19.0 Å². The van der Waals surface area contributed by atoms with Crippen LogP contribution in [0.3, 0.4) is 0 Å². The lowest BCUT2D eigenvalue weighted by atomic mass is 10.00. The smallest absolute Gasteiger partial charge is 0.242 e. The molecule has 1 aromatic carbocycles. The zero-order valence-electron chi connectivity index (χ0n) is 19.4. The van der Waals surface area contributed by atoms with Gasteiger partial charge in [0.1, 0.15) is 11.6 Å². The number of benzene rings is 1. The molecule has 0 aliphatic rings. The lowest BCUT2D eigenvalue weighted by Gasteiger charge is -2.12. The highest BCUT2D eigenvalue weighted by Crippen LogP contribution is 2.30. The quantitative estimate of drug-likeness (QED) is 0.466. The Kier molecular flexibility index (Phi) is 6.13. The summed E-state index contributed by atoms with van der Waals surface area (Å²) in [6, 6.07) is 4.94. The fourth-order valence-electron chi connectivity index (χ4n) is 4.12. The molecule has 9 heteroatoms. The Morgan fingerprint density at radius 3 is 2.70 bits per heavy atom. The monoisotopic (exact) mass is 450 g/mol. The molecule has 3 heterocycles. The Labute approximate surface area is 191 Å². The van der Waals surface area contributed by atoms with Crippen LogP contribution in [-0.4, -0.2) is 37.3 Å². The number of nitrogens with zero attached hydrogens (tertiary/aromatic N) is 5. The summed E-state index contributed by atoms with van der Waals surface area (Å²) in [4.78, 5) is 21.3. The molecular formula is C24H27FN6O2. The third kappa shape index (κ3) is 4.30. The Balaban J connectivity index is 1.42. The third-order valence-electron chi connectivity index (χ3n) is 5.91. The number of imidazole rings is 1. The van der Waals surface area contributed by atoms with Gasteiger partial charge in [0.2, 0.25) is 11.8 Å². The first-order chi connectivity index (χ1) is 15.8. The van der Waals surface area contributed by atoms with Gasteiger partial charge in [-0.1, -0.05) is 6.07 Å². The average molecular weight is 451 g/mol. The largest absolute Gasteiger partial charge is 0.479 e. The number of pyridine rings is 1. The van der Waals surface area contributed by atoms with E-state index in [1.54, 1.807) is 40.9 Å². The van der Waals surface area contributed by atoms with Crippen molar-refractivity contribution in [2.24, 2.45) is 7.05 Å². The van der Waals surface area contributed by atoms with E-state index >= 15 is 0 Å². The highest BCUT2D eigenvalue weighted by atomic mass is 19.1. The first-order valence-electron chi connectivity index (χ1n) is 10.7. The number of fused-ring (bicyclic) bond motifs is 1. The van der Waals surface area contributed by atoms with Crippen LogP contribution in [0.1, 0.15) is 34.6 Å². The summed E-state index contributed by atoms with van der Waals surface area (Å²) in [6.07, 6.45) is 4.18. The number of nitrogens with one attached hydrogen (secondary N) is 1. The van der Waals surface area contributed by atoms with Crippen molar-refractivity contribution in [2.75, 3.05) is 7.11 Å². The van der Waals surface area contributed by atoms with Crippen molar-refractivity contribution in [2.45, 2.75) is 40.2 Å². The maximum Gasteiger partial charge on any atom is 0.242 e. The summed E-state index contributed by atoms with van der Waals surface area (Å²) in [6.45, 7) is 6.01. The zero-order chi connectivity index (χ0) is 23.7. The zero-order valence-corrected chi connectivity index (χ0v) is 19.4. The van der Waals surface area contributed by atoms with Crippen LogP contribution in [-0.2, 0) is 24.8 Å². The highest BCUT2D eigenvalue weighted by molar-refractivity contribution is 5.86. The van der Waals surface area contributed by atoms with E-state index in [9.17, 15) is 9.18 Å². The van der Waals surface area contributed by atoms with Crippen molar-refractivity contribution in [3.05, 3.63) is 64.6 Å². The number of halogens is 1. The number of carbonyl (C=O) groups excluding carboxylic acids is 1. The molecule has 8 nitrogen and oxygen atoms in total. The second-order valence-electron chi connectivity index (χ2n) is 8.04. The van der Waals surface area contributed by atoms with Crippen molar-refractivity contribution in [1.82, 2.24) is 29.6 Å². The standard InChI is InChI=1S/C24H27FN6O2/c1-14-18(15(2)28-23-22(14)24(33-5)29-30(23)4)7-9-21(32)27-13-17-6-8-20(19(25)12-17)31-11-10-26-16(31)3/h6,8,10-12H,7,9,13H2,1-5H3,(H,27,32). The van der Waals surface area contributed by atoms with Crippen molar-refractivity contribution in [3.8, 4) is 11.6 Å². The maximum atomic E-state index is 14.6. The summed E-state index contributed by atoms with van der Waals surface area (Å²) < 4.78 is 23.4. The van der Waals surface area contributed by atoms with Gasteiger partial charge >= 0.3 is 0 Å². The Morgan fingerprint density at radius 1 is 1.24 bits per heavy atom. The number of ether oxygens (including phenoxy) is 1. The topological polar surface area (TPSA) is 86.9 Å². The van der Waals surface area contributed by atoms with Gasteiger partial charge in [0.25, 0.3) is 0 Å². The predicted octanol–water partition coefficient (Wildman–Crippen LogP) is 3.48. The van der Waals surface area contributed by atoms with E-state index in [4.69, 9.17) is 4.74 Å². The van der Waals surface area contributed by atoms with Crippen LogP contribution in [0.15, 0.2) is 30.6 Å². The van der Waals surface area contributed by atoms with Gasteiger partial charge in [-0.15, -0.1) is 5.10 Å². The summed E-state index contributed by atoms with van der Waals surface area (Å²) >= 11 is 0. The molecule has 0 fully saturated rings. The minimum atomic E-state index is -0.362. The lowest BCUT2D eigenvalue weighted by molar-refractivity contribution is -0.121. The van der Waals surface area contributed by atoms with Crippen molar-refractivity contribution in [3.63, 3.8) is 0 Å². The van der Waals surface area contributed by atoms with Crippen LogP contribution in [0, 0.1) is 26.6 Å². The summed E-state index contributed by atoms with van der Waals surface area (Å²) in [5.41, 5.74) is 4.77. The number of aromatic nitrogens is 5. The van der Waals surface area contributed by atoms with Gasteiger partial charge in [-0.05, 0) is 56.0 Å². The summed E-state index contributed by atoms with van der Waals surface area (Å²) in [5, 5.41) is 8.10. The molecule has 0 bridgehead atoms.